The van der Waals surface area contributed by atoms with Crippen LogP contribution in [-0.4, -0.2) is 17.8 Å². The number of carboxylic acid groups (broad SMARTS) is 1. The van der Waals surface area contributed by atoms with Crippen LogP contribution in [-0.2, 0) is 6.42 Å². The van der Waals surface area contributed by atoms with Crippen molar-refractivity contribution in [2.75, 3.05) is 6.61 Å². The molecule has 138 valence electrons. The van der Waals surface area contributed by atoms with E-state index in [-0.39, 0.29) is 11.5 Å². The maximum absolute atomic E-state index is 11.2. The largest absolute Gasteiger partial charge is 0.494 e. The average Bonchev–Trinajstić information content (AvgIpc) is 2.82. The number of fused-ring (bicyclic) bond motifs is 1. The summed E-state index contributed by atoms with van der Waals surface area (Å²) in [5.74, 6) is 0.890. The Kier molecular flexibility index (Phi) is 4.94. The summed E-state index contributed by atoms with van der Waals surface area (Å²) in [4.78, 5) is 11.2. The fraction of sp³-hybridized carbons (Fsp3) is 0.409. The van der Waals surface area contributed by atoms with Gasteiger partial charge in [-0.2, -0.15) is 0 Å². The number of hydrogen-bond acceptors (Lipinski definition) is 2. The molecule has 4 nitrogen and oxygen atoms in total. The Labute approximate surface area is 155 Å². The number of benzene rings is 2. The van der Waals surface area contributed by atoms with Crippen molar-refractivity contribution in [1.82, 2.24) is 5.32 Å². The zero-order valence-electron chi connectivity index (χ0n) is 15.9. The summed E-state index contributed by atoms with van der Waals surface area (Å²) in [6.45, 7) is 9.13. The van der Waals surface area contributed by atoms with Crippen LogP contribution in [0.15, 0.2) is 36.4 Å². The highest BCUT2D eigenvalue weighted by Crippen LogP contribution is 2.47. The molecule has 3 rings (SSSR count). The molecule has 0 heterocycles. The molecule has 1 aliphatic carbocycles. The fourth-order valence-electron chi connectivity index (χ4n) is 3.87. The van der Waals surface area contributed by atoms with Crippen LogP contribution in [0.5, 0.6) is 5.75 Å². The Bertz CT molecular complexity index is 809. The van der Waals surface area contributed by atoms with Gasteiger partial charge in [-0.25, -0.2) is 4.79 Å². The number of nitrogens with one attached hydrogen (secondary N) is 1. The van der Waals surface area contributed by atoms with Crippen molar-refractivity contribution < 1.29 is 14.6 Å². The average molecular weight is 353 g/mol. The Morgan fingerprint density at radius 1 is 1.27 bits per heavy atom. The molecule has 0 unspecified atom stereocenters. The highest BCUT2D eigenvalue weighted by Gasteiger charge is 2.40. The van der Waals surface area contributed by atoms with Gasteiger partial charge < -0.3 is 15.2 Å². The number of amides is 1. The standard InChI is InChI=1S/C22H27NO3/c1-5-10-26-17-8-6-15(7-9-17)18-12-16-13-22(3,4)20(23-21(24)25)19(16)11-14(18)2/h6-9,11-12,20,23H,5,10,13H2,1-4H3,(H,24,25)/t20-/m0/s1. The maximum Gasteiger partial charge on any atom is 0.405 e. The monoisotopic (exact) mass is 353 g/mol. The SMILES string of the molecule is CCCOc1ccc(-c2cc3c(cc2C)[C@H](NC(=O)O)C(C)(C)C3)cc1. The zero-order chi connectivity index (χ0) is 18.9. The van der Waals surface area contributed by atoms with Gasteiger partial charge in [0.2, 0.25) is 0 Å². The molecule has 2 aromatic rings. The minimum atomic E-state index is -0.972. The maximum atomic E-state index is 11.2. The van der Waals surface area contributed by atoms with Crippen LogP contribution in [0.2, 0.25) is 0 Å². The first-order valence-electron chi connectivity index (χ1n) is 9.18. The van der Waals surface area contributed by atoms with Crippen LogP contribution >= 0.6 is 0 Å². The van der Waals surface area contributed by atoms with E-state index >= 15 is 0 Å². The molecule has 0 spiro atoms. The molecule has 0 saturated heterocycles. The quantitative estimate of drug-likeness (QED) is 0.762. The third-order valence-corrected chi connectivity index (χ3v) is 5.13. The van der Waals surface area contributed by atoms with Crippen LogP contribution < -0.4 is 10.1 Å². The highest BCUT2D eigenvalue weighted by atomic mass is 16.5. The Morgan fingerprint density at radius 2 is 1.96 bits per heavy atom. The summed E-state index contributed by atoms with van der Waals surface area (Å²) >= 11 is 0. The van der Waals surface area contributed by atoms with Gasteiger partial charge in [-0.1, -0.05) is 45.0 Å². The second kappa shape index (κ2) is 7.02. The number of carbonyl (C=O) groups is 1. The minimum Gasteiger partial charge on any atom is -0.494 e. The molecular weight excluding hydrogens is 326 g/mol. The summed E-state index contributed by atoms with van der Waals surface area (Å²) < 4.78 is 5.66. The molecule has 1 atom stereocenters. The summed E-state index contributed by atoms with van der Waals surface area (Å²) in [7, 11) is 0. The van der Waals surface area contributed by atoms with Gasteiger partial charge in [-0.15, -0.1) is 0 Å². The molecule has 0 aliphatic heterocycles. The second-order valence-electron chi connectivity index (χ2n) is 7.79. The summed E-state index contributed by atoms with van der Waals surface area (Å²) in [5.41, 5.74) is 5.69. The number of hydrogen-bond donors (Lipinski definition) is 2. The molecule has 4 heteroatoms. The lowest BCUT2D eigenvalue weighted by Gasteiger charge is -2.27. The predicted molar refractivity (Wildman–Crippen MR) is 104 cm³/mol. The lowest BCUT2D eigenvalue weighted by atomic mass is 9.85. The first-order chi connectivity index (χ1) is 12.3. The van der Waals surface area contributed by atoms with Gasteiger partial charge >= 0.3 is 6.09 Å². The fourth-order valence-corrected chi connectivity index (χ4v) is 3.87. The topological polar surface area (TPSA) is 58.6 Å². The van der Waals surface area contributed by atoms with E-state index in [4.69, 9.17) is 4.74 Å². The summed E-state index contributed by atoms with van der Waals surface area (Å²) in [5, 5.41) is 11.9. The first kappa shape index (κ1) is 18.3. The van der Waals surface area contributed by atoms with Gasteiger partial charge in [0.05, 0.1) is 12.6 Å². The second-order valence-corrected chi connectivity index (χ2v) is 7.79. The molecule has 0 bridgehead atoms. The Balaban J connectivity index is 1.94. The van der Waals surface area contributed by atoms with Gasteiger partial charge in [-0.3, -0.25) is 0 Å². The van der Waals surface area contributed by atoms with Crippen LogP contribution in [0.3, 0.4) is 0 Å². The van der Waals surface area contributed by atoms with Crippen LogP contribution in [0.25, 0.3) is 11.1 Å². The van der Waals surface area contributed by atoms with E-state index < -0.39 is 6.09 Å². The van der Waals surface area contributed by atoms with Crippen molar-refractivity contribution >= 4 is 6.09 Å². The smallest absolute Gasteiger partial charge is 0.405 e. The van der Waals surface area contributed by atoms with Crippen molar-refractivity contribution in [3.05, 3.63) is 53.1 Å². The zero-order valence-corrected chi connectivity index (χ0v) is 15.9. The van der Waals surface area contributed by atoms with Gasteiger partial charge in [0.25, 0.3) is 0 Å². The molecule has 0 saturated carbocycles. The van der Waals surface area contributed by atoms with E-state index in [1.807, 2.05) is 12.1 Å². The lowest BCUT2D eigenvalue weighted by Crippen LogP contribution is -2.34. The van der Waals surface area contributed by atoms with Gasteiger partial charge in [-0.05, 0) is 65.1 Å². The van der Waals surface area contributed by atoms with Crippen LogP contribution in [0.1, 0.15) is 49.9 Å². The molecule has 0 radical (unpaired) electrons. The lowest BCUT2D eigenvalue weighted by molar-refractivity contribution is 0.175. The van der Waals surface area contributed by atoms with E-state index in [1.54, 1.807) is 0 Å². The van der Waals surface area contributed by atoms with Crippen LogP contribution in [0.4, 0.5) is 4.79 Å². The van der Waals surface area contributed by atoms with Gasteiger partial charge in [0.15, 0.2) is 0 Å². The Hall–Kier alpha value is -2.49. The Morgan fingerprint density at radius 3 is 2.58 bits per heavy atom. The molecule has 0 aromatic heterocycles. The predicted octanol–water partition coefficient (Wildman–Crippen LogP) is 5.34. The van der Waals surface area contributed by atoms with E-state index in [1.165, 1.54) is 11.1 Å². The van der Waals surface area contributed by atoms with Crippen molar-refractivity contribution in [3.8, 4) is 16.9 Å². The third kappa shape index (κ3) is 3.55. The van der Waals surface area contributed by atoms with E-state index in [0.29, 0.717) is 0 Å². The van der Waals surface area contributed by atoms with Crippen LogP contribution in [0, 0.1) is 12.3 Å². The third-order valence-electron chi connectivity index (χ3n) is 5.13. The van der Waals surface area contributed by atoms with Crippen molar-refractivity contribution in [2.24, 2.45) is 5.41 Å². The molecule has 26 heavy (non-hydrogen) atoms. The van der Waals surface area contributed by atoms with Crippen molar-refractivity contribution in [2.45, 2.75) is 46.6 Å². The molecule has 2 N–H and O–H groups in total. The van der Waals surface area contributed by atoms with Gasteiger partial charge in [0, 0.05) is 0 Å². The molecule has 2 aromatic carbocycles. The number of ether oxygens (including phenoxy) is 1. The number of rotatable bonds is 5. The summed E-state index contributed by atoms with van der Waals surface area (Å²) in [6.07, 6.45) is 0.881. The normalized spacial score (nSPS) is 17.6. The highest BCUT2D eigenvalue weighted by molar-refractivity contribution is 5.71. The first-order valence-corrected chi connectivity index (χ1v) is 9.18. The molecule has 1 aliphatic rings. The van der Waals surface area contributed by atoms with Crippen molar-refractivity contribution in [3.63, 3.8) is 0 Å². The number of aryl methyl sites for hydroxylation is 1. The van der Waals surface area contributed by atoms with Crippen molar-refractivity contribution in [1.29, 1.82) is 0 Å². The summed E-state index contributed by atoms with van der Waals surface area (Å²) in [6, 6.07) is 12.4. The van der Waals surface area contributed by atoms with E-state index in [2.05, 4.69) is 57.3 Å². The molecular formula is C22H27NO3. The molecule has 1 amide bonds. The van der Waals surface area contributed by atoms with E-state index in [9.17, 15) is 9.90 Å². The van der Waals surface area contributed by atoms with Gasteiger partial charge in [0.1, 0.15) is 5.75 Å². The molecule has 0 fully saturated rings. The minimum absolute atomic E-state index is 0.135. The van der Waals surface area contributed by atoms with E-state index in [0.717, 1.165) is 41.9 Å².